The zero-order chi connectivity index (χ0) is 17.0. The molecule has 2 saturated carbocycles. The molecule has 0 amide bonds. The first-order valence-corrected chi connectivity index (χ1v) is 9.59. The van der Waals surface area contributed by atoms with Gasteiger partial charge in [0.05, 0.1) is 5.56 Å². The van der Waals surface area contributed by atoms with Gasteiger partial charge in [0.15, 0.2) is 0 Å². The van der Waals surface area contributed by atoms with Gasteiger partial charge in [-0.2, -0.15) is 0 Å². The smallest absolute Gasteiger partial charge is 0.335 e. The topological polar surface area (TPSA) is 37.3 Å². The summed E-state index contributed by atoms with van der Waals surface area (Å²) in [6.45, 7) is 4.03. The van der Waals surface area contributed by atoms with E-state index in [0.717, 1.165) is 5.92 Å². The number of carboxylic acids is 1. The summed E-state index contributed by atoms with van der Waals surface area (Å²) in [5.74, 6) is 0.618. The van der Waals surface area contributed by atoms with Crippen LogP contribution in [-0.2, 0) is 0 Å². The van der Waals surface area contributed by atoms with Gasteiger partial charge in [-0.25, -0.2) is 4.79 Å². The van der Waals surface area contributed by atoms with Gasteiger partial charge < -0.3 is 5.11 Å². The minimum atomic E-state index is -0.839. The third kappa shape index (κ3) is 3.58. The van der Waals surface area contributed by atoms with Crippen LogP contribution in [0.25, 0.3) is 0 Å². The Morgan fingerprint density at radius 2 is 1.71 bits per heavy atom. The Morgan fingerprint density at radius 1 is 1.08 bits per heavy atom. The lowest BCUT2D eigenvalue weighted by molar-refractivity contribution is 0.0657. The van der Waals surface area contributed by atoms with Crippen molar-refractivity contribution in [1.82, 2.24) is 0 Å². The summed E-state index contributed by atoms with van der Waals surface area (Å²) in [6, 6.07) is 7.55. The molecule has 0 unspecified atom stereocenters. The molecular formula is C22H30O2. The van der Waals surface area contributed by atoms with Crippen LogP contribution in [0.15, 0.2) is 36.9 Å². The summed E-state index contributed by atoms with van der Waals surface area (Å²) < 4.78 is 0. The molecule has 24 heavy (non-hydrogen) atoms. The molecule has 3 rings (SSSR count). The van der Waals surface area contributed by atoms with Gasteiger partial charge in [-0.05, 0) is 79.9 Å². The molecule has 1 N–H and O–H groups in total. The predicted octanol–water partition coefficient (Wildman–Crippen LogP) is 6.19. The highest BCUT2D eigenvalue weighted by Crippen LogP contribution is 2.52. The number of allylic oxidation sites excluding steroid dienone is 1. The Labute approximate surface area is 146 Å². The van der Waals surface area contributed by atoms with Crippen molar-refractivity contribution in [2.24, 2.45) is 11.3 Å². The van der Waals surface area contributed by atoms with E-state index >= 15 is 0 Å². The molecular weight excluding hydrogens is 296 g/mol. The van der Waals surface area contributed by atoms with Crippen LogP contribution in [0.4, 0.5) is 0 Å². The van der Waals surface area contributed by atoms with Gasteiger partial charge in [-0.15, -0.1) is 6.58 Å². The van der Waals surface area contributed by atoms with Crippen LogP contribution in [0.5, 0.6) is 0 Å². The van der Waals surface area contributed by atoms with Gasteiger partial charge >= 0.3 is 5.97 Å². The van der Waals surface area contributed by atoms with Crippen LogP contribution in [0, 0.1) is 11.3 Å². The molecule has 130 valence electrons. The van der Waals surface area contributed by atoms with Crippen LogP contribution < -0.4 is 0 Å². The predicted molar refractivity (Wildman–Crippen MR) is 98.4 cm³/mol. The monoisotopic (exact) mass is 326 g/mol. The highest BCUT2D eigenvalue weighted by Gasteiger charge is 2.40. The summed E-state index contributed by atoms with van der Waals surface area (Å²) in [7, 11) is 0. The maximum atomic E-state index is 11.0. The summed E-state index contributed by atoms with van der Waals surface area (Å²) in [6.07, 6.45) is 15.4. The number of aromatic carboxylic acids is 1. The fraction of sp³-hybridized carbons (Fsp3) is 0.591. The third-order valence-corrected chi connectivity index (χ3v) is 6.62. The second-order valence-corrected chi connectivity index (χ2v) is 7.89. The van der Waals surface area contributed by atoms with Crippen molar-refractivity contribution in [1.29, 1.82) is 0 Å². The molecule has 1 aromatic rings. The molecule has 0 bridgehead atoms. The zero-order valence-electron chi connectivity index (χ0n) is 14.7. The summed E-state index contributed by atoms with van der Waals surface area (Å²) in [5.41, 5.74) is 2.23. The van der Waals surface area contributed by atoms with Crippen LogP contribution in [-0.4, -0.2) is 11.1 Å². The first kappa shape index (κ1) is 17.3. The Balaban J connectivity index is 1.64. The van der Waals surface area contributed by atoms with Gasteiger partial charge in [-0.1, -0.05) is 37.5 Å². The van der Waals surface area contributed by atoms with Crippen LogP contribution in [0.1, 0.15) is 86.0 Å². The van der Waals surface area contributed by atoms with E-state index in [9.17, 15) is 4.79 Å². The minimum Gasteiger partial charge on any atom is -0.478 e. The Morgan fingerprint density at radius 3 is 2.25 bits per heavy atom. The van der Waals surface area contributed by atoms with Crippen molar-refractivity contribution < 1.29 is 9.90 Å². The second kappa shape index (κ2) is 7.55. The lowest BCUT2D eigenvalue weighted by atomic mass is 9.59. The molecule has 0 radical (unpaired) electrons. The molecule has 0 aromatic heterocycles. The van der Waals surface area contributed by atoms with Crippen LogP contribution in [0.3, 0.4) is 0 Å². The van der Waals surface area contributed by atoms with Crippen LogP contribution in [0.2, 0.25) is 0 Å². The Bertz CT molecular complexity index is 558. The van der Waals surface area contributed by atoms with Gasteiger partial charge in [0.1, 0.15) is 0 Å². The van der Waals surface area contributed by atoms with E-state index in [1.807, 2.05) is 12.1 Å². The van der Waals surface area contributed by atoms with E-state index in [-0.39, 0.29) is 0 Å². The lowest BCUT2D eigenvalue weighted by Gasteiger charge is -2.46. The maximum Gasteiger partial charge on any atom is 0.335 e. The van der Waals surface area contributed by atoms with E-state index in [4.69, 9.17) is 5.11 Å². The highest BCUT2D eigenvalue weighted by atomic mass is 16.4. The second-order valence-electron chi connectivity index (χ2n) is 7.89. The van der Waals surface area contributed by atoms with Crippen molar-refractivity contribution >= 4 is 5.97 Å². The van der Waals surface area contributed by atoms with Crippen molar-refractivity contribution in [2.75, 3.05) is 0 Å². The number of carbonyl (C=O) groups is 1. The standard InChI is InChI=1S/C22H30O2/c1-2-14-22(15-4-3-5-16-22)20-12-10-18(11-13-20)17-6-8-19(9-7-17)21(23)24/h2,6-9,18,20H,1,3-5,10-16H2,(H,23,24)/t18-,20-. The normalized spacial score (nSPS) is 26.7. The quantitative estimate of drug-likeness (QED) is 0.655. The Kier molecular flexibility index (Phi) is 5.43. The molecule has 0 saturated heterocycles. The molecule has 0 atom stereocenters. The largest absolute Gasteiger partial charge is 0.478 e. The number of rotatable bonds is 5. The number of benzene rings is 1. The number of carboxylic acid groups (broad SMARTS) is 1. The summed E-state index contributed by atoms with van der Waals surface area (Å²) in [4.78, 5) is 11.0. The van der Waals surface area contributed by atoms with Gasteiger partial charge in [0.25, 0.3) is 0 Å². The molecule has 2 heteroatoms. The molecule has 1 aromatic carbocycles. The fourth-order valence-electron chi connectivity index (χ4n) is 5.26. The first-order chi connectivity index (χ1) is 11.6. The van der Waals surface area contributed by atoms with Crippen molar-refractivity contribution in [3.8, 4) is 0 Å². The summed E-state index contributed by atoms with van der Waals surface area (Å²) >= 11 is 0. The van der Waals surface area contributed by atoms with E-state index in [1.54, 1.807) is 12.1 Å². The Hall–Kier alpha value is -1.57. The lowest BCUT2D eigenvalue weighted by Crippen LogP contribution is -2.35. The zero-order valence-corrected chi connectivity index (χ0v) is 14.7. The molecule has 2 nitrogen and oxygen atoms in total. The van der Waals surface area contributed by atoms with Gasteiger partial charge in [0, 0.05) is 0 Å². The number of hydrogen-bond acceptors (Lipinski definition) is 1. The average Bonchev–Trinajstić information content (AvgIpc) is 2.63. The molecule has 0 spiro atoms. The average molecular weight is 326 g/mol. The third-order valence-electron chi connectivity index (χ3n) is 6.62. The van der Waals surface area contributed by atoms with Crippen LogP contribution >= 0.6 is 0 Å². The maximum absolute atomic E-state index is 11.0. The molecule has 2 aliphatic rings. The molecule has 2 aliphatic carbocycles. The summed E-state index contributed by atoms with van der Waals surface area (Å²) in [5, 5.41) is 9.04. The van der Waals surface area contributed by atoms with E-state index in [1.165, 1.54) is 69.8 Å². The van der Waals surface area contributed by atoms with Crippen molar-refractivity contribution in [2.45, 2.75) is 70.1 Å². The van der Waals surface area contributed by atoms with Crippen molar-refractivity contribution in [3.05, 3.63) is 48.0 Å². The van der Waals surface area contributed by atoms with Crippen molar-refractivity contribution in [3.63, 3.8) is 0 Å². The molecule has 0 heterocycles. The van der Waals surface area contributed by atoms with E-state index in [2.05, 4.69) is 12.7 Å². The minimum absolute atomic E-state index is 0.388. The van der Waals surface area contributed by atoms with Gasteiger partial charge in [0.2, 0.25) is 0 Å². The molecule has 0 aliphatic heterocycles. The molecule has 2 fully saturated rings. The SMILES string of the molecule is C=CCC1([C@H]2CC[C@H](c3ccc(C(=O)O)cc3)CC2)CCCCC1. The fourth-order valence-corrected chi connectivity index (χ4v) is 5.26. The van der Waals surface area contributed by atoms with E-state index < -0.39 is 5.97 Å². The highest BCUT2D eigenvalue weighted by molar-refractivity contribution is 5.87. The number of hydrogen-bond donors (Lipinski definition) is 1. The first-order valence-electron chi connectivity index (χ1n) is 9.59. The van der Waals surface area contributed by atoms with Gasteiger partial charge in [-0.3, -0.25) is 0 Å². The van der Waals surface area contributed by atoms with E-state index in [0.29, 0.717) is 16.9 Å².